The first-order valence-electron chi connectivity index (χ1n) is 10.5. The summed E-state index contributed by atoms with van der Waals surface area (Å²) >= 11 is 1.44. The molecule has 0 amide bonds. The van der Waals surface area contributed by atoms with Crippen LogP contribution >= 0.6 is 11.3 Å². The zero-order chi connectivity index (χ0) is 24.0. The summed E-state index contributed by atoms with van der Waals surface area (Å²) in [7, 11) is 0. The highest BCUT2D eigenvalue weighted by molar-refractivity contribution is 7.19. The van der Waals surface area contributed by atoms with Gasteiger partial charge in [-0.2, -0.15) is 5.10 Å². The monoisotopic (exact) mass is 478 g/mol. The quantitative estimate of drug-likeness (QED) is 0.402. The van der Waals surface area contributed by atoms with E-state index in [1.165, 1.54) is 34.5 Å². The highest BCUT2D eigenvalue weighted by Gasteiger charge is 2.24. The second-order valence-corrected chi connectivity index (χ2v) is 8.93. The third kappa shape index (κ3) is 3.75. The van der Waals surface area contributed by atoms with Crippen LogP contribution in [0.4, 0.5) is 8.78 Å². The van der Waals surface area contributed by atoms with Gasteiger partial charge in [-0.15, -0.1) is 11.3 Å². The summed E-state index contributed by atoms with van der Waals surface area (Å²) in [6.07, 6.45) is 1.99. The van der Waals surface area contributed by atoms with Gasteiger partial charge in [-0.3, -0.25) is 0 Å². The fourth-order valence-corrected chi connectivity index (χ4v) is 5.18. The summed E-state index contributed by atoms with van der Waals surface area (Å²) in [5.74, 6) is -0.312. The Labute approximate surface area is 198 Å². The molecule has 1 aromatic carbocycles. The maximum atomic E-state index is 14.5. The van der Waals surface area contributed by atoms with Gasteiger partial charge in [0.05, 0.1) is 22.1 Å². The predicted molar refractivity (Wildman–Crippen MR) is 127 cm³/mol. The minimum absolute atomic E-state index is 0.108. The minimum atomic E-state index is -0.728. The number of aromatic nitrogens is 4. The van der Waals surface area contributed by atoms with Crippen LogP contribution in [0.3, 0.4) is 0 Å². The van der Waals surface area contributed by atoms with E-state index < -0.39 is 11.6 Å². The molecule has 0 aliphatic carbocycles. The van der Waals surface area contributed by atoms with Gasteiger partial charge in [0, 0.05) is 29.5 Å². The van der Waals surface area contributed by atoms with E-state index in [1.54, 1.807) is 19.9 Å². The van der Waals surface area contributed by atoms with Gasteiger partial charge in [0.25, 0.3) is 0 Å². The Morgan fingerprint density at radius 1 is 1.18 bits per heavy atom. The number of hydrogen-bond acceptors (Lipinski definition) is 7. The number of benzene rings is 1. The Kier molecular flexibility index (Phi) is 5.45. The van der Waals surface area contributed by atoms with Crippen molar-refractivity contribution in [3.8, 4) is 32.7 Å². The van der Waals surface area contributed by atoms with Gasteiger partial charge in [0.1, 0.15) is 29.3 Å². The predicted octanol–water partition coefficient (Wildman–Crippen LogP) is 5.00. The Hall–Kier alpha value is -3.92. The molecule has 0 saturated heterocycles. The number of nitrogens with two attached hydrogens (primary N) is 1. The lowest BCUT2D eigenvalue weighted by molar-refractivity contribution is 0.325. The average molecular weight is 479 g/mol. The molecule has 172 valence electrons. The van der Waals surface area contributed by atoms with Crippen molar-refractivity contribution in [3.63, 3.8) is 0 Å². The second-order valence-electron chi connectivity index (χ2n) is 7.88. The summed E-state index contributed by atoms with van der Waals surface area (Å²) in [6.45, 7) is 3.89. The van der Waals surface area contributed by atoms with E-state index in [0.717, 1.165) is 21.4 Å². The summed E-state index contributed by atoms with van der Waals surface area (Å²) in [5, 5.41) is 12.3. The SMILES string of the molecule is CC(=N)C(=C(C)N)c1ccc2c(n1)-c1sc(-c3ncnn3-c3ccc(F)cc3F)cc1CCO2. The third-order valence-corrected chi connectivity index (χ3v) is 6.62. The maximum absolute atomic E-state index is 14.5. The van der Waals surface area contributed by atoms with Gasteiger partial charge >= 0.3 is 0 Å². The van der Waals surface area contributed by atoms with Crippen LogP contribution in [0.2, 0.25) is 0 Å². The summed E-state index contributed by atoms with van der Waals surface area (Å²) in [6, 6.07) is 8.95. The first-order valence-corrected chi connectivity index (χ1v) is 11.3. The van der Waals surface area contributed by atoms with E-state index in [9.17, 15) is 8.78 Å². The summed E-state index contributed by atoms with van der Waals surface area (Å²) in [4.78, 5) is 10.8. The third-order valence-electron chi connectivity index (χ3n) is 5.44. The van der Waals surface area contributed by atoms with E-state index in [-0.39, 0.29) is 5.69 Å². The van der Waals surface area contributed by atoms with Crippen molar-refractivity contribution in [2.75, 3.05) is 6.61 Å². The molecule has 5 rings (SSSR count). The van der Waals surface area contributed by atoms with Crippen LogP contribution in [-0.4, -0.2) is 32.1 Å². The molecule has 0 radical (unpaired) electrons. The summed E-state index contributed by atoms with van der Waals surface area (Å²) < 4.78 is 35.1. The van der Waals surface area contributed by atoms with Crippen molar-refractivity contribution in [2.45, 2.75) is 20.3 Å². The molecular weight excluding hydrogens is 458 g/mol. The van der Waals surface area contributed by atoms with Crippen molar-refractivity contribution in [2.24, 2.45) is 5.73 Å². The van der Waals surface area contributed by atoms with Crippen molar-refractivity contribution in [3.05, 3.63) is 71.3 Å². The lowest BCUT2D eigenvalue weighted by Crippen LogP contribution is -2.07. The Morgan fingerprint density at radius 2 is 2.00 bits per heavy atom. The molecule has 10 heteroatoms. The number of halogens is 2. The first-order chi connectivity index (χ1) is 16.3. The van der Waals surface area contributed by atoms with Gasteiger partial charge in [0.2, 0.25) is 0 Å². The molecule has 0 spiro atoms. The van der Waals surface area contributed by atoms with Crippen LogP contribution in [0.5, 0.6) is 5.75 Å². The highest BCUT2D eigenvalue weighted by atomic mass is 32.1. The topological polar surface area (TPSA) is 103 Å². The van der Waals surface area contributed by atoms with Crippen molar-refractivity contribution in [1.82, 2.24) is 19.7 Å². The number of nitrogens with zero attached hydrogens (tertiary/aromatic N) is 4. The van der Waals surface area contributed by atoms with E-state index in [4.69, 9.17) is 20.9 Å². The minimum Gasteiger partial charge on any atom is -0.491 e. The van der Waals surface area contributed by atoms with Crippen LogP contribution in [0, 0.1) is 17.0 Å². The van der Waals surface area contributed by atoms with Crippen LogP contribution in [-0.2, 0) is 6.42 Å². The van der Waals surface area contributed by atoms with E-state index >= 15 is 0 Å². The van der Waals surface area contributed by atoms with Gasteiger partial charge in [-0.1, -0.05) is 0 Å². The smallest absolute Gasteiger partial charge is 0.173 e. The number of pyridine rings is 1. The second kappa shape index (κ2) is 8.45. The van der Waals surface area contributed by atoms with Gasteiger partial charge in [-0.05, 0) is 49.7 Å². The molecule has 0 saturated carbocycles. The van der Waals surface area contributed by atoms with E-state index in [0.29, 0.717) is 53.0 Å². The summed E-state index contributed by atoms with van der Waals surface area (Å²) in [5.41, 5.74) is 9.81. The molecule has 34 heavy (non-hydrogen) atoms. The molecule has 3 N–H and O–H groups in total. The van der Waals surface area contributed by atoms with Crippen LogP contribution in [0.15, 0.2) is 48.4 Å². The zero-order valence-corrected chi connectivity index (χ0v) is 19.2. The number of hydrogen-bond donors (Lipinski definition) is 2. The zero-order valence-electron chi connectivity index (χ0n) is 18.4. The van der Waals surface area contributed by atoms with Gasteiger partial charge < -0.3 is 15.9 Å². The number of nitrogens with one attached hydrogen (secondary N) is 1. The number of ether oxygens (including phenoxy) is 1. The van der Waals surface area contributed by atoms with Crippen LogP contribution in [0.25, 0.3) is 32.5 Å². The first kappa shape index (κ1) is 21.9. The average Bonchev–Trinajstić information content (AvgIpc) is 3.38. The number of fused-ring (bicyclic) bond motifs is 3. The lowest BCUT2D eigenvalue weighted by atomic mass is 10.0. The number of thiophene rings is 1. The Balaban J connectivity index is 1.64. The fourth-order valence-electron chi connectivity index (χ4n) is 3.99. The maximum Gasteiger partial charge on any atom is 0.173 e. The van der Waals surface area contributed by atoms with Crippen molar-refractivity contribution in [1.29, 1.82) is 5.41 Å². The molecule has 4 aromatic rings. The normalized spacial score (nSPS) is 13.4. The largest absolute Gasteiger partial charge is 0.491 e. The lowest BCUT2D eigenvalue weighted by Gasteiger charge is -2.12. The molecular formula is C24H20F2N6OS. The molecule has 0 unspecified atom stereocenters. The van der Waals surface area contributed by atoms with E-state index in [2.05, 4.69) is 10.1 Å². The van der Waals surface area contributed by atoms with Crippen molar-refractivity contribution < 1.29 is 13.5 Å². The van der Waals surface area contributed by atoms with E-state index in [1.807, 2.05) is 12.1 Å². The molecule has 0 atom stereocenters. The molecule has 7 nitrogen and oxygen atoms in total. The highest BCUT2D eigenvalue weighted by Crippen LogP contribution is 2.43. The number of rotatable bonds is 4. The Bertz CT molecular complexity index is 1470. The van der Waals surface area contributed by atoms with Crippen LogP contribution < -0.4 is 10.5 Å². The molecule has 0 fully saturated rings. The fraction of sp³-hybridized carbons (Fsp3) is 0.167. The van der Waals surface area contributed by atoms with Crippen molar-refractivity contribution >= 4 is 22.6 Å². The molecule has 1 aliphatic heterocycles. The van der Waals surface area contributed by atoms with Gasteiger partial charge in [0.15, 0.2) is 11.6 Å². The Morgan fingerprint density at radius 3 is 2.74 bits per heavy atom. The molecule has 0 bridgehead atoms. The van der Waals surface area contributed by atoms with Crippen LogP contribution in [0.1, 0.15) is 25.1 Å². The van der Waals surface area contributed by atoms with Gasteiger partial charge in [-0.25, -0.2) is 23.4 Å². The molecule has 1 aliphatic rings. The molecule has 3 aromatic heterocycles. The standard InChI is InChI=1S/C24H20F2N6OS/c1-12(27)21(13(2)28)17-4-6-19-22(31-17)23-14(7-8-33-19)9-20(34-23)24-29-11-30-32(24)18-5-3-15(25)10-16(18)26/h3-6,9-11,27H,7-8,28H2,1-2H3. The number of allylic oxidation sites excluding steroid dienone is 2. The molecule has 4 heterocycles.